The minimum absolute atomic E-state index is 0.230. The summed E-state index contributed by atoms with van der Waals surface area (Å²) in [6.45, 7) is 8.78. The third-order valence-corrected chi connectivity index (χ3v) is 8.48. The molecule has 2 fully saturated rings. The van der Waals surface area contributed by atoms with Crippen LogP contribution < -0.4 is 10.1 Å². The number of nitrogens with one attached hydrogen (secondary N) is 1. The van der Waals surface area contributed by atoms with E-state index in [4.69, 9.17) is 4.74 Å². The maximum Gasteiger partial charge on any atom is 0.248 e. The lowest BCUT2D eigenvalue weighted by molar-refractivity contribution is -0.172. The Labute approximate surface area is 214 Å². The molecule has 36 heavy (non-hydrogen) atoms. The highest BCUT2D eigenvalue weighted by atomic mass is 16.5. The molecule has 3 amide bonds. The monoisotopic (exact) mass is 490 g/mol. The van der Waals surface area contributed by atoms with E-state index in [2.05, 4.69) is 12.2 Å². The summed E-state index contributed by atoms with van der Waals surface area (Å²) in [5, 5.41) is 2.95. The van der Waals surface area contributed by atoms with Crippen LogP contribution in [0, 0.1) is 16.7 Å². The van der Waals surface area contributed by atoms with Crippen LogP contribution in [0.3, 0.4) is 0 Å². The number of carbonyl (C=O) groups is 3. The number of anilines is 1. The largest absolute Gasteiger partial charge is 0.494 e. The van der Waals surface area contributed by atoms with Crippen LogP contribution in [0.1, 0.15) is 65.4 Å². The summed E-state index contributed by atoms with van der Waals surface area (Å²) < 4.78 is 5.77. The molecule has 2 aromatic carbocycles. The van der Waals surface area contributed by atoms with E-state index in [9.17, 15) is 14.4 Å². The molecule has 0 radical (unpaired) electrons. The maximum absolute atomic E-state index is 13.8. The Morgan fingerprint density at radius 2 is 1.75 bits per heavy atom. The van der Waals surface area contributed by atoms with Gasteiger partial charge in [0.15, 0.2) is 0 Å². The Hall–Kier alpha value is -3.15. The molecular weight excluding hydrogens is 452 g/mol. The molecule has 1 heterocycles. The zero-order valence-electron chi connectivity index (χ0n) is 21.9. The second-order valence-corrected chi connectivity index (χ2v) is 10.9. The summed E-state index contributed by atoms with van der Waals surface area (Å²) in [7, 11) is 0. The highest BCUT2D eigenvalue weighted by molar-refractivity contribution is 6.09. The van der Waals surface area contributed by atoms with Crippen molar-refractivity contribution < 1.29 is 19.1 Å². The number of hydrogen-bond acceptors (Lipinski definition) is 4. The van der Waals surface area contributed by atoms with Gasteiger partial charge >= 0.3 is 0 Å². The van der Waals surface area contributed by atoms with E-state index >= 15 is 0 Å². The topological polar surface area (TPSA) is 75.7 Å². The summed E-state index contributed by atoms with van der Waals surface area (Å²) in [5.41, 5.74) is 0.400. The molecule has 192 valence electrons. The van der Waals surface area contributed by atoms with Crippen molar-refractivity contribution in [1.82, 2.24) is 4.90 Å². The second-order valence-electron chi connectivity index (χ2n) is 10.9. The first-order valence-corrected chi connectivity index (χ1v) is 13.1. The minimum Gasteiger partial charge on any atom is -0.494 e. The highest BCUT2D eigenvalue weighted by Gasteiger charge is 2.65. The molecule has 2 aliphatic rings. The number of carbonyl (C=O) groups excluding carboxylic acids is 3. The number of ether oxygens (including phenoxy) is 1. The van der Waals surface area contributed by atoms with Crippen molar-refractivity contribution in [3.63, 3.8) is 0 Å². The average Bonchev–Trinajstić information content (AvgIpc) is 3.05. The molecule has 6 heteroatoms. The van der Waals surface area contributed by atoms with Gasteiger partial charge in [0, 0.05) is 18.0 Å². The Bertz CT molecular complexity index is 1100. The molecule has 2 aromatic rings. The third kappa shape index (κ3) is 4.78. The van der Waals surface area contributed by atoms with Crippen LogP contribution in [0.2, 0.25) is 0 Å². The van der Waals surface area contributed by atoms with E-state index in [1.807, 2.05) is 63.2 Å². The summed E-state index contributed by atoms with van der Waals surface area (Å²) in [4.78, 5) is 42.4. The molecule has 6 nitrogen and oxygen atoms in total. The molecule has 2 bridgehead atoms. The van der Waals surface area contributed by atoms with Crippen LogP contribution in [0.4, 0.5) is 5.69 Å². The first-order valence-electron chi connectivity index (χ1n) is 13.1. The fourth-order valence-corrected chi connectivity index (χ4v) is 5.68. The van der Waals surface area contributed by atoms with Gasteiger partial charge in [-0.05, 0) is 54.5 Å². The van der Waals surface area contributed by atoms with Crippen molar-refractivity contribution in [3.05, 3.63) is 60.2 Å². The predicted molar refractivity (Wildman–Crippen MR) is 140 cm³/mol. The van der Waals surface area contributed by atoms with E-state index in [-0.39, 0.29) is 30.1 Å². The normalized spacial score (nSPS) is 23.4. The molecule has 1 N–H and O–H groups in total. The van der Waals surface area contributed by atoms with Gasteiger partial charge in [-0.1, -0.05) is 70.9 Å². The first kappa shape index (κ1) is 25.9. The molecule has 4 rings (SSSR count). The van der Waals surface area contributed by atoms with Crippen LogP contribution in [-0.2, 0) is 20.8 Å². The average molecular weight is 491 g/mol. The Kier molecular flexibility index (Phi) is 7.53. The number of unbranched alkanes of at least 4 members (excludes halogenated alkanes) is 2. The van der Waals surface area contributed by atoms with E-state index in [0.717, 1.165) is 30.6 Å². The zero-order chi connectivity index (χ0) is 25.9. The molecule has 1 saturated carbocycles. The zero-order valence-corrected chi connectivity index (χ0v) is 21.9. The number of benzene rings is 2. The van der Waals surface area contributed by atoms with Crippen LogP contribution in [0.25, 0.3) is 0 Å². The number of fused-ring (bicyclic) bond motifs is 2. The Morgan fingerprint density at radius 3 is 2.42 bits per heavy atom. The van der Waals surface area contributed by atoms with Gasteiger partial charge in [0.05, 0.1) is 12.0 Å². The molecule has 0 aromatic heterocycles. The number of hydrogen-bond donors (Lipinski definition) is 1. The fourth-order valence-electron chi connectivity index (χ4n) is 5.68. The van der Waals surface area contributed by atoms with Gasteiger partial charge in [-0.25, -0.2) is 0 Å². The number of amides is 3. The number of nitrogens with zero attached hydrogens (tertiary/aromatic N) is 1. The van der Waals surface area contributed by atoms with Crippen molar-refractivity contribution in [2.75, 3.05) is 11.9 Å². The van der Waals surface area contributed by atoms with Crippen LogP contribution in [0.15, 0.2) is 54.6 Å². The fraction of sp³-hybridized carbons (Fsp3) is 0.500. The van der Waals surface area contributed by atoms with E-state index < -0.39 is 16.9 Å². The number of piperidine rings is 1. The summed E-state index contributed by atoms with van der Waals surface area (Å²) in [5.74, 6) is -0.349. The molecular formula is C30H38N2O4. The molecule has 1 saturated heterocycles. The quantitative estimate of drug-likeness (QED) is 0.347. The standard InChI is InChI=1S/C30H38N2O4/c1-5-6-10-19-36-23-15-13-22(14-16-23)31-26(33)25(20-21-11-8-7-9-12-21)32-27(34)24-17-18-30(4,28(32)35)29(24,2)3/h7-9,11-16,24-25H,5-6,10,17-20H2,1-4H3,(H,31,33). The lowest BCUT2D eigenvalue weighted by atomic mass is 9.62. The maximum atomic E-state index is 13.8. The lowest BCUT2D eigenvalue weighted by Gasteiger charge is -2.49. The summed E-state index contributed by atoms with van der Waals surface area (Å²) in [6, 6.07) is 15.9. The van der Waals surface area contributed by atoms with E-state index in [0.29, 0.717) is 25.1 Å². The van der Waals surface area contributed by atoms with Crippen molar-refractivity contribution >= 4 is 23.4 Å². The number of imide groups is 1. The summed E-state index contributed by atoms with van der Waals surface area (Å²) in [6.07, 6.45) is 4.87. The van der Waals surface area contributed by atoms with Gasteiger partial charge < -0.3 is 10.1 Å². The molecule has 1 aliphatic carbocycles. The smallest absolute Gasteiger partial charge is 0.248 e. The van der Waals surface area contributed by atoms with Gasteiger partial charge in [-0.2, -0.15) is 0 Å². The molecule has 3 unspecified atom stereocenters. The Morgan fingerprint density at radius 1 is 1.06 bits per heavy atom. The van der Waals surface area contributed by atoms with E-state index in [1.54, 1.807) is 12.1 Å². The van der Waals surface area contributed by atoms with Gasteiger partial charge in [-0.3, -0.25) is 19.3 Å². The summed E-state index contributed by atoms with van der Waals surface area (Å²) >= 11 is 0. The SMILES string of the molecule is CCCCCOc1ccc(NC(=O)C(Cc2ccccc2)N2C(=O)C3CCC(C)(C2=O)C3(C)C)cc1. The molecule has 3 atom stereocenters. The predicted octanol–water partition coefficient (Wildman–Crippen LogP) is 5.62. The second kappa shape index (κ2) is 10.5. The number of rotatable bonds is 10. The Balaban J connectivity index is 1.56. The van der Waals surface area contributed by atoms with Crippen LogP contribution in [-0.4, -0.2) is 35.3 Å². The van der Waals surface area contributed by atoms with Crippen molar-refractivity contribution in [1.29, 1.82) is 0 Å². The van der Waals surface area contributed by atoms with Gasteiger partial charge in [0.25, 0.3) is 0 Å². The van der Waals surface area contributed by atoms with Crippen LogP contribution in [0.5, 0.6) is 5.75 Å². The van der Waals surface area contributed by atoms with Gasteiger partial charge in [0.2, 0.25) is 17.7 Å². The third-order valence-electron chi connectivity index (χ3n) is 8.48. The first-order chi connectivity index (χ1) is 17.2. The van der Waals surface area contributed by atoms with Crippen molar-refractivity contribution in [3.8, 4) is 5.75 Å². The van der Waals surface area contributed by atoms with E-state index in [1.165, 1.54) is 4.90 Å². The molecule has 1 aliphatic heterocycles. The minimum atomic E-state index is -0.923. The van der Waals surface area contributed by atoms with Crippen LogP contribution >= 0.6 is 0 Å². The highest BCUT2D eigenvalue weighted by Crippen LogP contribution is 2.60. The molecule has 0 spiro atoms. The number of likely N-dealkylation sites (tertiary alicyclic amines) is 1. The lowest BCUT2D eigenvalue weighted by Crippen LogP contribution is -2.64. The van der Waals surface area contributed by atoms with Crippen molar-refractivity contribution in [2.45, 2.75) is 72.3 Å². The van der Waals surface area contributed by atoms with Gasteiger partial charge in [-0.15, -0.1) is 0 Å². The van der Waals surface area contributed by atoms with Crippen molar-refractivity contribution in [2.24, 2.45) is 16.7 Å². The van der Waals surface area contributed by atoms with Gasteiger partial charge in [0.1, 0.15) is 11.8 Å².